The van der Waals surface area contributed by atoms with Gasteiger partial charge in [0.1, 0.15) is 0 Å². The average molecular weight is 177 g/mol. The molecule has 0 aromatic carbocycles. The maximum atomic E-state index is 11.2. The average Bonchev–Trinajstić information content (AvgIpc) is 2.33. The van der Waals surface area contributed by atoms with Crippen LogP contribution in [0.2, 0.25) is 0 Å². The highest BCUT2D eigenvalue weighted by atomic mass is 16.1. The van der Waals surface area contributed by atoms with E-state index >= 15 is 0 Å². The van der Waals surface area contributed by atoms with E-state index in [0.29, 0.717) is 0 Å². The Morgan fingerprint density at radius 2 is 2.15 bits per heavy atom. The molecule has 0 aliphatic rings. The zero-order valence-corrected chi connectivity index (χ0v) is 8.59. The van der Waals surface area contributed by atoms with Crippen molar-refractivity contribution in [2.45, 2.75) is 20.8 Å². The second-order valence-electron chi connectivity index (χ2n) is 3.18. The number of ketones is 1. The summed E-state index contributed by atoms with van der Waals surface area (Å²) in [4.78, 5) is 11.2. The number of rotatable bonds is 2. The van der Waals surface area contributed by atoms with Crippen LogP contribution in [0.3, 0.4) is 0 Å². The molecule has 0 amide bonds. The maximum Gasteiger partial charge on any atom is 0.161 e. The summed E-state index contributed by atoms with van der Waals surface area (Å²) in [6, 6.07) is 1.93. The Morgan fingerprint density at radius 3 is 2.54 bits per heavy atom. The molecule has 0 radical (unpaired) electrons. The summed E-state index contributed by atoms with van der Waals surface area (Å²) >= 11 is 0. The minimum absolute atomic E-state index is 0.129. The molecule has 2 nitrogen and oxygen atoms in total. The molecule has 2 heteroatoms. The standard InChI is InChI=1S/C11H15NO/c1-5-6-10-7-11(9(3)13)8(2)12(10)4/h5-7H,1-4H3/b6-5-. The number of Topliss-reactive ketones (excluding diaryl/α,β-unsaturated/α-hetero) is 1. The molecule has 1 heterocycles. The van der Waals surface area contributed by atoms with Gasteiger partial charge in [0, 0.05) is 24.0 Å². The van der Waals surface area contributed by atoms with Crippen LogP contribution >= 0.6 is 0 Å². The highest BCUT2D eigenvalue weighted by Gasteiger charge is 2.09. The van der Waals surface area contributed by atoms with E-state index in [9.17, 15) is 4.79 Å². The number of carbonyl (C=O) groups excluding carboxylic acids is 1. The van der Waals surface area contributed by atoms with Crippen LogP contribution in [-0.4, -0.2) is 10.4 Å². The molecular weight excluding hydrogens is 162 g/mol. The minimum Gasteiger partial charge on any atom is -0.348 e. The largest absolute Gasteiger partial charge is 0.348 e. The van der Waals surface area contributed by atoms with Crippen LogP contribution in [0.4, 0.5) is 0 Å². The van der Waals surface area contributed by atoms with Crippen molar-refractivity contribution in [3.8, 4) is 0 Å². The highest BCUT2D eigenvalue weighted by molar-refractivity contribution is 5.96. The molecule has 1 aromatic rings. The third-order valence-electron chi connectivity index (χ3n) is 2.29. The predicted octanol–water partition coefficient (Wildman–Crippen LogP) is 2.57. The first-order valence-electron chi connectivity index (χ1n) is 4.38. The molecule has 0 aliphatic carbocycles. The lowest BCUT2D eigenvalue weighted by Gasteiger charge is -1.99. The first-order valence-corrected chi connectivity index (χ1v) is 4.38. The monoisotopic (exact) mass is 177 g/mol. The third-order valence-corrected chi connectivity index (χ3v) is 2.29. The quantitative estimate of drug-likeness (QED) is 0.636. The molecule has 0 aliphatic heterocycles. The van der Waals surface area contributed by atoms with Crippen LogP contribution in [0, 0.1) is 6.92 Å². The number of nitrogens with zero attached hydrogens (tertiary/aromatic N) is 1. The number of hydrogen-bond acceptors (Lipinski definition) is 1. The Kier molecular flexibility index (Phi) is 2.71. The smallest absolute Gasteiger partial charge is 0.161 e. The van der Waals surface area contributed by atoms with E-state index in [-0.39, 0.29) is 5.78 Å². The van der Waals surface area contributed by atoms with Crippen molar-refractivity contribution < 1.29 is 4.79 Å². The number of allylic oxidation sites excluding steroid dienone is 1. The van der Waals surface area contributed by atoms with Gasteiger partial charge in [-0.05, 0) is 32.9 Å². The lowest BCUT2D eigenvalue weighted by Crippen LogP contribution is -1.97. The van der Waals surface area contributed by atoms with Crippen molar-refractivity contribution in [1.29, 1.82) is 0 Å². The molecule has 1 rings (SSSR count). The van der Waals surface area contributed by atoms with Crippen LogP contribution in [0.1, 0.15) is 35.6 Å². The molecule has 0 fully saturated rings. The summed E-state index contributed by atoms with van der Waals surface area (Å²) in [6.45, 7) is 5.53. The number of aromatic nitrogens is 1. The van der Waals surface area contributed by atoms with Gasteiger partial charge in [-0.3, -0.25) is 4.79 Å². The van der Waals surface area contributed by atoms with Gasteiger partial charge < -0.3 is 4.57 Å². The number of carbonyl (C=O) groups is 1. The van der Waals surface area contributed by atoms with Gasteiger partial charge in [0.15, 0.2) is 5.78 Å². The highest BCUT2D eigenvalue weighted by Crippen LogP contribution is 2.15. The summed E-state index contributed by atoms with van der Waals surface area (Å²) in [5.74, 6) is 0.129. The Bertz CT molecular complexity index is 358. The second kappa shape index (κ2) is 3.60. The second-order valence-corrected chi connectivity index (χ2v) is 3.18. The molecule has 1 aromatic heterocycles. The summed E-state index contributed by atoms with van der Waals surface area (Å²) in [5.41, 5.74) is 2.92. The van der Waals surface area contributed by atoms with Gasteiger partial charge in [0.25, 0.3) is 0 Å². The van der Waals surface area contributed by atoms with Crippen molar-refractivity contribution in [2.24, 2.45) is 7.05 Å². The molecule has 13 heavy (non-hydrogen) atoms. The Balaban J connectivity index is 3.27. The Morgan fingerprint density at radius 1 is 1.54 bits per heavy atom. The van der Waals surface area contributed by atoms with E-state index in [2.05, 4.69) is 0 Å². The first kappa shape index (κ1) is 9.78. The van der Waals surface area contributed by atoms with E-state index in [1.165, 1.54) is 0 Å². The van der Waals surface area contributed by atoms with Gasteiger partial charge in [0.05, 0.1) is 0 Å². The normalized spacial score (nSPS) is 11.1. The van der Waals surface area contributed by atoms with E-state index in [1.807, 2.05) is 43.7 Å². The Labute approximate surface area is 78.9 Å². The lowest BCUT2D eigenvalue weighted by atomic mass is 10.2. The summed E-state index contributed by atoms with van der Waals surface area (Å²) < 4.78 is 2.02. The SMILES string of the molecule is C/C=C\c1cc(C(C)=O)c(C)n1C. The number of hydrogen-bond donors (Lipinski definition) is 0. The van der Waals surface area contributed by atoms with Gasteiger partial charge in [-0.1, -0.05) is 6.08 Å². The zero-order chi connectivity index (χ0) is 10.0. The van der Waals surface area contributed by atoms with Crippen molar-refractivity contribution in [2.75, 3.05) is 0 Å². The lowest BCUT2D eigenvalue weighted by molar-refractivity contribution is 0.101. The molecule has 0 atom stereocenters. The zero-order valence-electron chi connectivity index (χ0n) is 8.59. The molecule has 0 saturated heterocycles. The summed E-state index contributed by atoms with van der Waals surface area (Å²) in [5, 5.41) is 0. The van der Waals surface area contributed by atoms with Gasteiger partial charge >= 0.3 is 0 Å². The summed E-state index contributed by atoms with van der Waals surface area (Å²) in [7, 11) is 1.97. The molecule has 0 bridgehead atoms. The molecule has 0 unspecified atom stereocenters. The maximum absolute atomic E-state index is 11.2. The minimum atomic E-state index is 0.129. The predicted molar refractivity (Wildman–Crippen MR) is 54.9 cm³/mol. The van der Waals surface area contributed by atoms with Crippen molar-refractivity contribution in [3.05, 3.63) is 29.1 Å². The van der Waals surface area contributed by atoms with E-state index in [1.54, 1.807) is 6.92 Å². The van der Waals surface area contributed by atoms with Gasteiger partial charge in [-0.25, -0.2) is 0 Å². The summed E-state index contributed by atoms with van der Waals surface area (Å²) in [6.07, 6.45) is 3.97. The topological polar surface area (TPSA) is 22.0 Å². The fraction of sp³-hybridized carbons (Fsp3) is 0.364. The molecule has 0 saturated carbocycles. The molecule has 0 N–H and O–H groups in total. The van der Waals surface area contributed by atoms with Crippen LogP contribution < -0.4 is 0 Å². The van der Waals surface area contributed by atoms with Crippen LogP contribution in [0.5, 0.6) is 0 Å². The third kappa shape index (κ3) is 1.72. The Hall–Kier alpha value is -1.31. The van der Waals surface area contributed by atoms with Crippen LogP contribution in [0.25, 0.3) is 6.08 Å². The first-order chi connectivity index (χ1) is 6.07. The fourth-order valence-electron chi connectivity index (χ4n) is 1.41. The molecule has 70 valence electrons. The van der Waals surface area contributed by atoms with Crippen molar-refractivity contribution in [3.63, 3.8) is 0 Å². The van der Waals surface area contributed by atoms with Crippen LogP contribution in [0.15, 0.2) is 12.1 Å². The fourth-order valence-corrected chi connectivity index (χ4v) is 1.41. The van der Waals surface area contributed by atoms with E-state index < -0.39 is 0 Å². The van der Waals surface area contributed by atoms with Crippen molar-refractivity contribution in [1.82, 2.24) is 4.57 Å². The van der Waals surface area contributed by atoms with E-state index in [0.717, 1.165) is 17.0 Å². The van der Waals surface area contributed by atoms with Crippen LogP contribution in [-0.2, 0) is 7.05 Å². The van der Waals surface area contributed by atoms with Crippen molar-refractivity contribution >= 4 is 11.9 Å². The molecule has 0 spiro atoms. The van der Waals surface area contributed by atoms with Gasteiger partial charge in [0.2, 0.25) is 0 Å². The van der Waals surface area contributed by atoms with Gasteiger partial charge in [-0.2, -0.15) is 0 Å². The van der Waals surface area contributed by atoms with E-state index in [4.69, 9.17) is 0 Å². The molecular formula is C11H15NO. The van der Waals surface area contributed by atoms with Gasteiger partial charge in [-0.15, -0.1) is 0 Å².